The molecule has 0 spiro atoms. The van der Waals surface area contributed by atoms with Crippen LogP contribution < -0.4 is 0 Å². The molecule has 1 aromatic rings. The average molecular weight is 316 g/mol. The summed E-state index contributed by atoms with van der Waals surface area (Å²) in [7, 11) is 1.70. The van der Waals surface area contributed by atoms with Crippen LogP contribution in [0.4, 0.5) is 0 Å². The van der Waals surface area contributed by atoms with Gasteiger partial charge < -0.3 is 4.90 Å². The van der Waals surface area contributed by atoms with Crippen LogP contribution in [-0.2, 0) is 4.79 Å². The van der Waals surface area contributed by atoms with Gasteiger partial charge in [-0.3, -0.25) is 9.79 Å². The van der Waals surface area contributed by atoms with Crippen LogP contribution in [0.3, 0.4) is 0 Å². The fourth-order valence-corrected chi connectivity index (χ4v) is 3.43. The van der Waals surface area contributed by atoms with Crippen LogP contribution in [0.15, 0.2) is 46.3 Å². The molecule has 1 heterocycles. The van der Waals surface area contributed by atoms with Gasteiger partial charge in [0.15, 0.2) is 5.04 Å². The number of likely N-dealkylation sites (tertiary alicyclic amines) is 1. The Morgan fingerprint density at radius 1 is 1.32 bits per heavy atom. The van der Waals surface area contributed by atoms with Gasteiger partial charge in [-0.05, 0) is 43.6 Å². The second-order valence-electron chi connectivity index (χ2n) is 5.45. The van der Waals surface area contributed by atoms with Gasteiger partial charge in [0, 0.05) is 13.6 Å². The van der Waals surface area contributed by atoms with Gasteiger partial charge in [-0.15, -0.1) is 0 Å². The lowest BCUT2D eigenvalue weighted by molar-refractivity contribution is -0.127. The molecule has 0 bridgehead atoms. The lowest BCUT2D eigenvalue weighted by Gasteiger charge is -2.36. The minimum atomic E-state index is 0.0576. The lowest BCUT2D eigenvalue weighted by atomic mass is 9.95. The molecule has 1 saturated heterocycles. The van der Waals surface area contributed by atoms with Crippen molar-refractivity contribution in [3.8, 4) is 0 Å². The summed E-state index contributed by atoms with van der Waals surface area (Å²) in [5.41, 5.74) is 1.22. The minimum Gasteiger partial charge on any atom is -0.330 e. The summed E-state index contributed by atoms with van der Waals surface area (Å²) in [6.45, 7) is 4.80. The number of benzene rings is 1. The van der Waals surface area contributed by atoms with E-state index in [1.807, 2.05) is 43.0 Å². The molecular weight excluding hydrogens is 292 g/mol. The molecule has 4 heteroatoms. The van der Waals surface area contributed by atoms with Crippen molar-refractivity contribution in [2.75, 3.05) is 13.6 Å². The predicted octanol–water partition coefficient (Wildman–Crippen LogP) is 4.43. The fraction of sp³-hybridized carbons (Fsp3) is 0.444. The van der Waals surface area contributed by atoms with Gasteiger partial charge in [0.05, 0.1) is 6.04 Å². The molecule has 1 atom stereocenters. The van der Waals surface area contributed by atoms with Crippen molar-refractivity contribution in [1.29, 1.82) is 0 Å². The molecule has 0 radical (unpaired) electrons. The third-order valence-corrected chi connectivity index (χ3v) is 5.11. The molecule has 118 valence electrons. The summed E-state index contributed by atoms with van der Waals surface area (Å²) in [5, 5.41) is 0.582. The summed E-state index contributed by atoms with van der Waals surface area (Å²) >= 11 is 1.46. The van der Waals surface area contributed by atoms with E-state index in [1.165, 1.54) is 23.7 Å². The highest BCUT2D eigenvalue weighted by atomic mass is 32.2. The van der Waals surface area contributed by atoms with Crippen LogP contribution in [0.5, 0.6) is 0 Å². The summed E-state index contributed by atoms with van der Waals surface area (Å²) < 4.78 is 0. The first-order valence-electron chi connectivity index (χ1n) is 7.80. The smallest absolute Gasteiger partial charge is 0.279 e. The number of carbonyl (C=O) groups is 1. The molecule has 1 amide bonds. The highest BCUT2D eigenvalue weighted by Gasteiger charge is 2.30. The molecule has 3 nitrogen and oxygen atoms in total. The number of carbonyl (C=O) groups excluding carboxylic acids is 1. The van der Waals surface area contributed by atoms with Crippen LogP contribution in [0.25, 0.3) is 0 Å². The Morgan fingerprint density at radius 2 is 2.05 bits per heavy atom. The molecule has 0 saturated carbocycles. The molecular formula is C18H24N2OS. The maximum absolute atomic E-state index is 12.9. The zero-order chi connectivity index (χ0) is 15.9. The number of hydrogen-bond donors (Lipinski definition) is 0. The molecule has 0 N–H and O–H groups in total. The van der Waals surface area contributed by atoms with E-state index in [4.69, 9.17) is 0 Å². The number of rotatable bonds is 2. The van der Waals surface area contributed by atoms with Gasteiger partial charge in [0.2, 0.25) is 0 Å². The van der Waals surface area contributed by atoms with Crippen molar-refractivity contribution < 1.29 is 4.79 Å². The monoisotopic (exact) mass is 316 g/mol. The van der Waals surface area contributed by atoms with Crippen LogP contribution in [0.1, 0.15) is 44.7 Å². The van der Waals surface area contributed by atoms with Crippen LogP contribution in [-0.4, -0.2) is 29.4 Å². The third-order valence-electron chi connectivity index (χ3n) is 4.00. The standard InChI is InChI=1S/C18H24N2OS/c1-4-14(2)22-17(19-3)18(21)20-13-9-8-12-16(20)15-10-6-5-7-11-15/h4-7,10-11,16H,8-9,12-13H2,1-3H3/b14-4+,19-17?. The first kappa shape index (κ1) is 16.8. The van der Waals surface area contributed by atoms with E-state index in [-0.39, 0.29) is 11.9 Å². The van der Waals surface area contributed by atoms with Gasteiger partial charge in [-0.1, -0.05) is 48.2 Å². The Hall–Kier alpha value is -1.55. The van der Waals surface area contributed by atoms with Gasteiger partial charge in [0.25, 0.3) is 5.91 Å². The van der Waals surface area contributed by atoms with Crippen molar-refractivity contribution in [3.63, 3.8) is 0 Å². The Morgan fingerprint density at radius 3 is 2.68 bits per heavy atom. The molecule has 1 aliphatic rings. The molecule has 0 aliphatic carbocycles. The summed E-state index contributed by atoms with van der Waals surface area (Å²) in [4.78, 5) is 20.2. The number of hydrogen-bond acceptors (Lipinski definition) is 3. The summed E-state index contributed by atoms with van der Waals surface area (Å²) in [6.07, 6.45) is 5.27. The first-order valence-corrected chi connectivity index (χ1v) is 8.62. The van der Waals surface area contributed by atoms with Crippen molar-refractivity contribution in [2.45, 2.75) is 39.2 Å². The zero-order valence-electron chi connectivity index (χ0n) is 13.6. The number of allylic oxidation sites excluding steroid dienone is 2. The second-order valence-corrected chi connectivity index (χ2v) is 6.69. The Bertz CT molecular complexity index is 566. The molecule has 1 fully saturated rings. The lowest BCUT2D eigenvalue weighted by Crippen LogP contribution is -2.41. The Labute approximate surface area is 137 Å². The fourth-order valence-electron chi connectivity index (χ4n) is 2.72. The van der Waals surface area contributed by atoms with Crippen molar-refractivity contribution in [1.82, 2.24) is 4.90 Å². The maximum Gasteiger partial charge on any atom is 0.279 e. The Kier molecular flexibility index (Phi) is 6.25. The molecule has 1 unspecified atom stereocenters. The van der Waals surface area contributed by atoms with Crippen LogP contribution >= 0.6 is 11.8 Å². The van der Waals surface area contributed by atoms with E-state index in [9.17, 15) is 4.79 Å². The van der Waals surface area contributed by atoms with E-state index in [1.54, 1.807) is 7.05 Å². The number of nitrogens with zero attached hydrogens (tertiary/aromatic N) is 2. The van der Waals surface area contributed by atoms with Crippen molar-refractivity contribution in [2.24, 2.45) is 4.99 Å². The molecule has 1 aliphatic heterocycles. The number of piperidine rings is 1. The quantitative estimate of drug-likeness (QED) is 0.597. The van der Waals surface area contributed by atoms with Crippen molar-refractivity contribution in [3.05, 3.63) is 46.9 Å². The van der Waals surface area contributed by atoms with E-state index < -0.39 is 0 Å². The van der Waals surface area contributed by atoms with Gasteiger partial charge in [-0.2, -0.15) is 0 Å². The van der Waals surface area contributed by atoms with Crippen LogP contribution in [0, 0.1) is 0 Å². The molecule has 2 rings (SSSR count). The highest BCUT2D eigenvalue weighted by molar-refractivity contribution is 8.18. The maximum atomic E-state index is 12.9. The minimum absolute atomic E-state index is 0.0576. The van der Waals surface area contributed by atoms with Crippen molar-refractivity contribution >= 4 is 22.7 Å². The van der Waals surface area contributed by atoms with Gasteiger partial charge >= 0.3 is 0 Å². The number of aliphatic imine (C=N–C) groups is 1. The first-order chi connectivity index (χ1) is 10.7. The molecule has 1 aromatic carbocycles. The van der Waals surface area contributed by atoms with E-state index >= 15 is 0 Å². The zero-order valence-corrected chi connectivity index (χ0v) is 14.4. The number of amides is 1. The highest BCUT2D eigenvalue weighted by Crippen LogP contribution is 2.32. The van der Waals surface area contributed by atoms with Crippen LogP contribution in [0.2, 0.25) is 0 Å². The largest absolute Gasteiger partial charge is 0.330 e. The summed E-state index contributed by atoms with van der Waals surface area (Å²) in [5.74, 6) is 0.0576. The molecule has 0 aromatic heterocycles. The SMILES string of the molecule is C/C=C(\C)SC(=NC)C(=O)N1CCCCC1c1ccccc1. The van der Waals surface area contributed by atoms with E-state index in [2.05, 4.69) is 17.1 Å². The van der Waals surface area contributed by atoms with E-state index in [0.29, 0.717) is 5.04 Å². The summed E-state index contributed by atoms with van der Waals surface area (Å²) in [6, 6.07) is 10.5. The Balaban J connectivity index is 2.21. The van der Waals surface area contributed by atoms with E-state index in [0.717, 1.165) is 24.3 Å². The van der Waals surface area contributed by atoms with Gasteiger partial charge in [-0.25, -0.2) is 0 Å². The number of thioether (sulfide) groups is 1. The normalized spacial score (nSPS) is 20.1. The predicted molar refractivity (Wildman–Crippen MR) is 95.1 cm³/mol. The molecule has 22 heavy (non-hydrogen) atoms. The average Bonchev–Trinajstić information content (AvgIpc) is 2.59. The third kappa shape index (κ3) is 4.01. The van der Waals surface area contributed by atoms with Gasteiger partial charge in [0.1, 0.15) is 0 Å². The second kappa shape index (κ2) is 8.18. The topological polar surface area (TPSA) is 32.7 Å².